The Balaban J connectivity index is 2.55. The summed E-state index contributed by atoms with van der Waals surface area (Å²) in [4.78, 5) is 0. The maximum absolute atomic E-state index is 9.99. The molecule has 0 aliphatic carbocycles. The second-order valence-corrected chi connectivity index (χ2v) is 16.0. The minimum Gasteiger partial charge on any atom is -0.508 e. The molecule has 1 aromatic carbocycles. The zero-order valence-corrected chi connectivity index (χ0v) is 30.9. The van der Waals surface area contributed by atoms with Crippen LogP contribution >= 0.6 is 23.5 Å². The van der Waals surface area contributed by atoms with E-state index in [1.54, 1.807) is 0 Å². The third-order valence-electron chi connectivity index (χ3n) is 9.08. The normalized spacial score (nSPS) is 12.4. The quantitative estimate of drug-likeness (QED) is 0.0613. The number of rotatable bonds is 33. The number of phenolic OH excluding ortho intramolecular Hbond substituents is 1. The van der Waals surface area contributed by atoms with Gasteiger partial charge >= 0.3 is 0 Å². The highest BCUT2D eigenvalue weighted by Crippen LogP contribution is 2.41. The third-order valence-corrected chi connectivity index (χ3v) is 12.3. The summed E-state index contributed by atoms with van der Waals surface area (Å²) in [5.74, 6) is 3.59. The monoisotopic (exact) mass is 635 g/mol. The van der Waals surface area contributed by atoms with E-state index in [0.29, 0.717) is 16.2 Å². The fourth-order valence-electron chi connectivity index (χ4n) is 6.18. The Hall–Kier alpha value is -0.280. The van der Waals surface area contributed by atoms with Crippen molar-refractivity contribution < 1.29 is 5.11 Å². The van der Waals surface area contributed by atoms with E-state index in [-0.39, 0.29) is 0 Å². The van der Waals surface area contributed by atoms with Crippen LogP contribution in [0.15, 0.2) is 24.3 Å². The van der Waals surface area contributed by atoms with Crippen LogP contribution in [0.1, 0.15) is 206 Å². The molecule has 0 fully saturated rings. The summed E-state index contributed by atoms with van der Waals surface area (Å²) in [5.41, 5.74) is 1.45. The second kappa shape index (κ2) is 31.7. The summed E-state index contributed by atoms with van der Waals surface area (Å²) < 4.78 is 0.636. The van der Waals surface area contributed by atoms with Crippen molar-refractivity contribution in [2.45, 2.75) is 205 Å². The van der Waals surface area contributed by atoms with Crippen LogP contribution in [0.4, 0.5) is 0 Å². The molecular formula is C40H74OS2. The maximum Gasteiger partial charge on any atom is 0.115 e. The number of benzene rings is 1. The number of thioether (sulfide) groups is 2. The van der Waals surface area contributed by atoms with E-state index in [2.05, 4.69) is 56.4 Å². The van der Waals surface area contributed by atoms with Gasteiger partial charge in [0, 0.05) is 5.92 Å². The van der Waals surface area contributed by atoms with Crippen molar-refractivity contribution in [1.29, 1.82) is 0 Å². The van der Waals surface area contributed by atoms with Crippen LogP contribution in [0.5, 0.6) is 5.75 Å². The summed E-state index contributed by atoms with van der Waals surface area (Å²) >= 11 is 4.52. The SMILES string of the molecule is CCCCCCCCCCCCSC(SCCCCCCCCCCCC)C(CCCCCCCC)c1ccc(O)cc1. The lowest BCUT2D eigenvalue weighted by Crippen LogP contribution is -2.14. The van der Waals surface area contributed by atoms with Crippen molar-refractivity contribution in [3.05, 3.63) is 29.8 Å². The van der Waals surface area contributed by atoms with Gasteiger partial charge in [-0.15, -0.1) is 23.5 Å². The Morgan fingerprint density at radius 1 is 0.442 bits per heavy atom. The summed E-state index contributed by atoms with van der Waals surface area (Å²) in [6, 6.07) is 8.26. The highest BCUT2D eigenvalue weighted by molar-refractivity contribution is 8.17. The Morgan fingerprint density at radius 3 is 1.14 bits per heavy atom. The molecule has 0 spiro atoms. The minimum absolute atomic E-state index is 0.398. The van der Waals surface area contributed by atoms with Gasteiger partial charge in [-0.2, -0.15) is 0 Å². The Bertz CT molecular complexity index is 650. The first kappa shape index (κ1) is 40.7. The first-order chi connectivity index (χ1) is 21.2. The molecule has 1 rings (SSSR count). The molecule has 0 saturated carbocycles. The van der Waals surface area contributed by atoms with E-state index in [1.807, 2.05) is 12.1 Å². The Kier molecular flexibility index (Phi) is 30.0. The molecule has 1 nitrogen and oxygen atoms in total. The zero-order chi connectivity index (χ0) is 31.1. The van der Waals surface area contributed by atoms with Gasteiger partial charge in [-0.3, -0.25) is 0 Å². The molecule has 0 saturated heterocycles. The molecular weight excluding hydrogens is 561 g/mol. The summed E-state index contributed by atoms with van der Waals surface area (Å²) in [5, 5.41) is 9.99. The predicted octanol–water partition coefficient (Wildman–Crippen LogP) is 14.9. The molecule has 252 valence electrons. The summed E-state index contributed by atoms with van der Waals surface area (Å²) in [6.45, 7) is 6.92. The van der Waals surface area contributed by atoms with Gasteiger partial charge < -0.3 is 5.11 Å². The van der Waals surface area contributed by atoms with Gasteiger partial charge in [-0.25, -0.2) is 0 Å². The van der Waals surface area contributed by atoms with Gasteiger partial charge in [0.1, 0.15) is 5.75 Å². The molecule has 0 heterocycles. The summed E-state index contributed by atoms with van der Waals surface area (Å²) in [6.07, 6.45) is 37.8. The van der Waals surface area contributed by atoms with E-state index in [0.717, 1.165) is 0 Å². The van der Waals surface area contributed by atoms with Gasteiger partial charge in [0.25, 0.3) is 0 Å². The Morgan fingerprint density at radius 2 is 0.767 bits per heavy atom. The molecule has 43 heavy (non-hydrogen) atoms. The average Bonchev–Trinajstić information content (AvgIpc) is 3.02. The van der Waals surface area contributed by atoms with Gasteiger partial charge in [-0.05, 0) is 48.5 Å². The molecule has 0 aliphatic heterocycles. The van der Waals surface area contributed by atoms with E-state index in [4.69, 9.17) is 0 Å². The van der Waals surface area contributed by atoms with Gasteiger partial charge in [0.15, 0.2) is 0 Å². The maximum atomic E-state index is 9.99. The van der Waals surface area contributed by atoms with E-state index in [9.17, 15) is 5.11 Å². The minimum atomic E-state index is 0.398. The van der Waals surface area contributed by atoms with Gasteiger partial charge in [0.2, 0.25) is 0 Å². The highest BCUT2D eigenvalue weighted by atomic mass is 32.2. The molecule has 0 bridgehead atoms. The zero-order valence-electron chi connectivity index (χ0n) is 29.2. The van der Waals surface area contributed by atoms with Crippen LogP contribution in [0, 0.1) is 0 Å². The first-order valence-corrected chi connectivity index (χ1v) is 21.3. The largest absolute Gasteiger partial charge is 0.508 e. The number of phenols is 1. The van der Waals surface area contributed by atoms with Crippen molar-refractivity contribution in [3.8, 4) is 5.75 Å². The van der Waals surface area contributed by atoms with Crippen molar-refractivity contribution in [2.75, 3.05) is 11.5 Å². The third kappa shape index (κ3) is 24.6. The molecule has 0 radical (unpaired) electrons. The lowest BCUT2D eigenvalue weighted by atomic mass is 9.94. The molecule has 1 unspecified atom stereocenters. The fourth-order valence-corrected chi connectivity index (χ4v) is 9.40. The number of hydrogen-bond acceptors (Lipinski definition) is 3. The lowest BCUT2D eigenvalue weighted by Gasteiger charge is -2.27. The predicted molar refractivity (Wildman–Crippen MR) is 201 cm³/mol. The Labute approximate surface area is 279 Å². The van der Waals surface area contributed by atoms with Crippen LogP contribution in [0.25, 0.3) is 0 Å². The van der Waals surface area contributed by atoms with Crippen LogP contribution < -0.4 is 0 Å². The van der Waals surface area contributed by atoms with Crippen molar-refractivity contribution in [3.63, 3.8) is 0 Å². The van der Waals surface area contributed by atoms with Crippen LogP contribution in [0.2, 0.25) is 0 Å². The van der Waals surface area contributed by atoms with Crippen molar-refractivity contribution in [1.82, 2.24) is 0 Å². The van der Waals surface area contributed by atoms with Crippen LogP contribution in [-0.4, -0.2) is 21.2 Å². The molecule has 0 aromatic heterocycles. The molecule has 0 aliphatic rings. The second-order valence-electron chi connectivity index (χ2n) is 13.2. The topological polar surface area (TPSA) is 20.2 Å². The standard InChI is InChI=1S/C40H74OS2/c1-4-7-10-13-16-18-20-22-25-28-35-42-40(43-36-29-26-23-21-19-17-14-11-8-5-2)39(30-27-24-15-12-9-6-3)37-31-33-38(41)34-32-37/h31-34,39-41H,4-30,35-36H2,1-3H3. The molecule has 1 N–H and O–H groups in total. The summed E-state index contributed by atoms with van der Waals surface area (Å²) in [7, 11) is 0. The van der Waals surface area contributed by atoms with Crippen molar-refractivity contribution >= 4 is 23.5 Å². The van der Waals surface area contributed by atoms with Crippen LogP contribution in [-0.2, 0) is 0 Å². The van der Waals surface area contributed by atoms with Crippen LogP contribution in [0.3, 0.4) is 0 Å². The van der Waals surface area contributed by atoms with E-state index in [1.165, 1.54) is 190 Å². The lowest BCUT2D eigenvalue weighted by molar-refractivity contribution is 0.474. The highest BCUT2D eigenvalue weighted by Gasteiger charge is 2.24. The van der Waals surface area contributed by atoms with Gasteiger partial charge in [-0.1, -0.05) is 187 Å². The number of hydrogen-bond donors (Lipinski definition) is 1. The smallest absolute Gasteiger partial charge is 0.115 e. The molecule has 0 amide bonds. The number of unbranched alkanes of at least 4 members (excludes halogenated alkanes) is 23. The van der Waals surface area contributed by atoms with E-state index < -0.39 is 0 Å². The molecule has 1 atom stereocenters. The molecule has 1 aromatic rings. The van der Waals surface area contributed by atoms with E-state index >= 15 is 0 Å². The number of aromatic hydroxyl groups is 1. The van der Waals surface area contributed by atoms with Crippen molar-refractivity contribution in [2.24, 2.45) is 0 Å². The molecule has 3 heteroatoms. The fraction of sp³-hybridized carbons (Fsp3) is 0.850. The average molecular weight is 635 g/mol. The first-order valence-electron chi connectivity index (χ1n) is 19.2. The van der Waals surface area contributed by atoms with Gasteiger partial charge in [0.05, 0.1) is 4.58 Å².